The summed E-state index contributed by atoms with van der Waals surface area (Å²) in [7, 11) is 0. The van der Waals surface area contributed by atoms with Gasteiger partial charge in [-0.05, 0) is 24.3 Å². The Labute approximate surface area is 104 Å². The molecule has 0 N–H and O–H groups in total. The molecule has 2 aromatic heterocycles. The van der Waals surface area contributed by atoms with E-state index in [1.54, 1.807) is 18.4 Å². The molecule has 0 bridgehead atoms. The predicted octanol–water partition coefficient (Wildman–Crippen LogP) is 4.02. The van der Waals surface area contributed by atoms with Crippen LogP contribution in [0.2, 0.25) is 0 Å². The molecule has 0 atom stereocenters. The van der Waals surface area contributed by atoms with E-state index in [1.807, 2.05) is 36.4 Å². The first-order valence-corrected chi connectivity index (χ1v) is 5.57. The molecular weight excluding hydrogens is 228 g/mol. The third-order valence-electron chi connectivity index (χ3n) is 2.72. The number of carbonyl (C=O) groups is 1. The number of hydrogen-bond acceptors (Lipinski definition) is 3. The number of furan rings is 2. The van der Waals surface area contributed by atoms with E-state index in [9.17, 15) is 4.79 Å². The van der Waals surface area contributed by atoms with Crippen LogP contribution in [0.15, 0.2) is 63.6 Å². The van der Waals surface area contributed by atoms with Gasteiger partial charge in [0.15, 0.2) is 12.0 Å². The van der Waals surface area contributed by atoms with E-state index in [0.717, 1.165) is 16.9 Å². The minimum atomic E-state index is 0.319. The van der Waals surface area contributed by atoms with Crippen LogP contribution >= 0.6 is 0 Å². The summed E-state index contributed by atoms with van der Waals surface area (Å²) in [5.41, 5.74) is 1.84. The highest BCUT2D eigenvalue weighted by Gasteiger charge is 2.11. The fraction of sp³-hybridized carbons (Fsp3) is 0. The normalized spacial score (nSPS) is 10.4. The molecule has 0 aliphatic rings. The molecule has 3 aromatic rings. The Balaban J connectivity index is 2.15. The summed E-state index contributed by atoms with van der Waals surface area (Å²) in [4.78, 5) is 10.7. The van der Waals surface area contributed by atoms with Gasteiger partial charge in [-0.2, -0.15) is 0 Å². The molecule has 2 heterocycles. The van der Waals surface area contributed by atoms with E-state index in [-0.39, 0.29) is 0 Å². The average molecular weight is 238 g/mol. The Hall–Kier alpha value is -2.55. The molecule has 0 saturated carbocycles. The SMILES string of the molecule is O=Cc1ccc(-c2ccccc2-c2ccco2)o1. The molecule has 0 aliphatic heterocycles. The number of rotatable bonds is 3. The number of hydrogen-bond donors (Lipinski definition) is 0. The molecule has 0 aliphatic carbocycles. The van der Waals surface area contributed by atoms with Gasteiger partial charge in [0.2, 0.25) is 0 Å². The molecule has 88 valence electrons. The average Bonchev–Trinajstić information content (AvgIpc) is 3.10. The zero-order valence-electron chi connectivity index (χ0n) is 9.50. The molecule has 3 nitrogen and oxygen atoms in total. The second-order valence-corrected chi connectivity index (χ2v) is 3.84. The highest BCUT2D eigenvalue weighted by atomic mass is 16.3. The summed E-state index contributed by atoms with van der Waals surface area (Å²) in [5.74, 6) is 1.75. The molecule has 0 unspecified atom stereocenters. The van der Waals surface area contributed by atoms with Crippen LogP contribution in [0.1, 0.15) is 10.6 Å². The second-order valence-electron chi connectivity index (χ2n) is 3.84. The fourth-order valence-corrected chi connectivity index (χ4v) is 1.91. The molecular formula is C15H10O3. The molecule has 0 spiro atoms. The van der Waals surface area contributed by atoms with Crippen molar-refractivity contribution in [1.29, 1.82) is 0 Å². The first-order chi connectivity index (χ1) is 8.88. The van der Waals surface area contributed by atoms with Crippen LogP contribution in [-0.4, -0.2) is 6.29 Å². The predicted molar refractivity (Wildman–Crippen MR) is 67.2 cm³/mol. The fourth-order valence-electron chi connectivity index (χ4n) is 1.91. The van der Waals surface area contributed by atoms with Gasteiger partial charge in [0, 0.05) is 11.1 Å². The Kier molecular flexibility index (Phi) is 2.57. The minimum Gasteiger partial charge on any atom is -0.464 e. The monoisotopic (exact) mass is 238 g/mol. The van der Waals surface area contributed by atoms with Gasteiger partial charge in [-0.15, -0.1) is 0 Å². The summed E-state index contributed by atoms with van der Waals surface area (Å²) in [6.45, 7) is 0. The zero-order valence-corrected chi connectivity index (χ0v) is 9.50. The van der Waals surface area contributed by atoms with Gasteiger partial charge < -0.3 is 8.83 Å². The van der Waals surface area contributed by atoms with E-state index in [1.165, 1.54) is 0 Å². The van der Waals surface area contributed by atoms with Crippen LogP contribution in [0, 0.1) is 0 Å². The maximum atomic E-state index is 10.7. The van der Waals surface area contributed by atoms with Gasteiger partial charge >= 0.3 is 0 Å². The number of aldehydes is 1. The largest absolute Gasteiger partial charge is 0.464 e. The van der Waals surface area contributed by atoms with E-state index < -0.39 is 0 Å². The summed E-state index contributed by atoms with van der Waals surface area (Å²) in [5, 5.41) is 0. The Morgan fingerprint density at radius 3 is 2.22 bits per heavy atom. The number of benzene rings is 1. The highest BCUT2D eigenvalue weighted by molar-refractivity contribution is 5.80. The van der Waals surface area contributed by atoms with Crippen LogP contribution in [0.4, 0.5) is 0 Å². The summed E-state index contributed by atoms with van der Waals surface area (Å²) in [6, 6.07) is 14.9. The third-order valence-corrected chi connectivity index (χ3v) is 2.72. The lowest BCUT2D eigenvalue weighted by Crippen LogP contribution is -1.81. The van der Waals surface area contributed by atoms with Crippen molar-refractivity contribution in [3.05, 3.63) is 60.6 Å². The van der Waals surface area contributed by atoms with Crippen molar-refractivity contribution in [2.45, 2.75) is 0 Å². The summed E-state index contributed by atoms with van der Waals surface area (Å²) in [6.07, 6.45) is 2.32. The quantitative estimate of drug-likeness (QED) is 0.647. The van der Waals surface area contributed by atoms with Crippen molar-refractivity contribution in [2.75, 3.05) is 0 Å². The maximum absolute atomic E-state index is 10.7. The van der Waals surface area contributed by atoms with Gasteiger partial charge in [-0.1, -0.05) is 24.3 Å². The van der Waals surface area contributed by atoms with Gasteiger partial charge in [0.05, 0.1) is 6.26 Å². The van der Waals surface area contributed by atoms with Crippen LogP contribution < -0.4 is 0 Å². The highest BCUT2D eigenvalue weighted by Crippen LogP contribution is 2.32. The van der Waals surface area contributed by atoms with Gasteiger partial charge in [-0.3, -0.25) is 4.79 Å². The molecule has 18 heavy (non-hydrogen) atoms. The second kappa shape index (κ2) is 4.37. The lowest BCUT2D eigenvalue weighted by atomic mass is 10.0. The van der Waals surface area contributed by atoms with Crippen LogP contribution in [0.3, 0.4) is 0 Å². The van der Waals surface area contributed by atoms with Crippen molar-refractivity contribution in [2.24, 2.45) is 0 Å². The Bertz CT molecular complexity index is 663. The smallest absolute Gasteiger partial charge is 0.185 e. The zero-order chi connectivity index (χ0) is 12.4. The Morgan fingerprint density at radius 1 is 0.833 bits per heavy atom. The standard InChI is InChI=1S/C15H10O3/c16-10-11-7-8-15(18-11)13-5-2-1-4-12(13)14-6-3-9-17-14/h1-10H. The van der Waals surface area contributed by atoms with Gasteiger partial charge in [0.25, 0.3) is 0 Å². The molecule has 0 saturated heterocycles. The van der Waals surface area contributed by atoms with Gasteiger partial charge in [0.1, 0.15) is 11.5 Å². The van der Waals surface area contributed by atoms with Crippen molar-refractivity contribution in [3.63, 3.8) is 0 Å². The summed E-state index contributed by atoms with van der Waals surface area (Å²) < 4.78 is 10.9. The van der Waals surface area contributed by atoms with Crippen molar-refractivity contribution in [1.82, 2.24) is 0 Å². The van der Waals surface area contributed by atoms with Crippen LogP contribution in [0.25, 0.3) is 22.6 Å². The first-order valence-electron chi connectivity index (χ1n) is 5.57. The maximum Gasteiger partial charge on any atom is 0.185 e. The van der Waals surface area contributed by atoms with E-state index in [0.29, 0.717) is 17.8 Å². The van der Waals surface area contributed by atoms with E-state index in [4.69, 9.17) is 8.83 Å². The Morgan fingerprint density at radius 2 is 1.61 bits per heavy atom. The molecule has 1 aromatic carbocycles. The molecule has 3 heteroatoms. The van der Waals surface area contributed by atoms with Crippen molar-refractivity contribution >= 4 is 6.29 Å². The minimum absolute atomic E-state index is 0.319. The molecule has 0 amide bonds. The number of carbonyl (C=O) groups excluding carboxylic acids is 1. The first kappa shape index (κ1) is 10.6. The topological polar surface area (TPSA) is 43.4 Å². The van der Waals surface area contributed by atoms with E-state index in [2.05, 4.69) is 0 Å². The third kappa shape index (κ3) is 1.76. The van der Waals surface area contributed by atoms with Gasteiger partial charge in [-0.25, -0.2) is 0 Å². The van der Waals surface area contributed by atoms with Crippen LogP contribution in [-0.2, 0) is 0 Å². The molecule has 3 rings (SSSR count). The van der Waals surface area contributed by atoms with Crippen molar-refractivity contribution < 1.29 is 13.6 Å². The van der Waals surface area contributed by atoms with Crippen molar-refractivity contribution in [3.8, 4) is 22.6 Å². The van der Waals surface area contributed by atoms with E-state index >= 15 is 0 Å². The molecule has 0 fully saturated rings. The lowest BCUT2D eigenvalue weighted by Gasteiger charge is -2.04. The lowest BCUT2D eigenvalue weighted by molar-refractivity contribution is 0.110. The van der Waals surface area contributed by atoms with Crippen LogP contribution in [0.5, 0.6) is 0 Å². The summed E-state index contributed by atoms with van der Waals surface area (Å²) >= 11 is 0. The molecule has 0 radical (unpaired) electrons.